The molecule has 0 saturated carbocycles. The predicted molar refractivity (Wildman–Crippen MR) is 99.7 cm³/mol. The molecule has 1 unspecified atom stereocenters. The van der Waals surface area contributed by atoms with Crippen molar-refractivity contribution in [2.24, 2.45) is 16.2 Å². The van der Waals surface area contributed by atoms with Crippen molar-refractivity contribution in [1.82, 2.24) is 5.01 Å². The Morgan fingerprint density at radius 2 is 2.04 bits per heavy atom. The lowest BCUT2D eigenvalue weighted by Gasteiger charge is -2.26. The average molecular weight is 414 g/mol. The van der Waals surface area contributed by atoms with Crippen LogP contribution in [0.4, 0.5) is 13.2 Å². The molecule has 0 aromatic heterocycles. The van der Waals surface area contributed by atoms with E-state index in [-0.39, 0.29) is 22.6 Å². The molecule has 2 aliphatic rings. The van der Waals surface area contributed by atoms with Crippen molar-refractivity contribution in [2.45, 2.75) is 45.2 Å². The van der Waals surface area contributed by atoms with Crippen LogP contribution in [-0.2, 0) is 10.0 Å². The van der Waals surface area contributed by atoms with Crippen LogP contribution in [0.1, 0.15) is 39.0 Å². The topological polar surface area (TPSA) is 99.5 Å². The molecule has 0 saturated heterocycles. The van der Waals surface area contributed by atoms with E-state index in [1.54, 1.807) is 0 Å². The van der Waals surface area contributed by atoms with Crippen LogP contribution in [0.3, 0.4) is 0 Å². The van der Waals surface area contributed by atoms with Gasteiger partial charge in [-0.05, 0) is 31.8 Å². The van der Waals surface area contributed by atoms with Crippen molar-refractivity contribution in [3.63, 3.8) is 0 Å². The van der Waals surface area contributed by atoms with Gasteiger partial charge in [-0.25, -0.2) is 18.6 Å². The summed E-state index contributed by atoms with van der Waals surface area (Å²) in [6.45, 7) is 5.30. The molecule has 0 radical (unpaired) electrons. The van der Waals surface area contributed by atoms with E-state index in [1.807, 2.05) is 6.07 Å². The second-order valence-electron chi connectivity index (χ2n) is 6.65. The Bertz CT molecular complexity index is 921. The summed E-state index contributed by atoms with van der Waals surface area (Å²) in [4.78, 5) is -0.279. The predicted octanol–water partition coefficient (Wildman–Crippen LogP) is 3.84. The second kappa shape index (κ2) is 8.32. The van der Waals surface area contributed by atoms with Crippen LogP contribution in [0.2, 0.25) is 0 Å². The standard InChI is InChI=1S/C18H21F3N4O2S/c1-12-6-3-4-7-13(2)25(24-17(12)18(19,20)21)16-9-5-8-15(28(23,26)27)10-14(16)11-22/h8-10,12H,2-7H2,1H3,(H2,23,26,27)/b24-17+. The third-order valence-corrected chi connectivity index (χ3v) is 5.43. The van der Waals surface area contributed by atoms with Crippen molar-refractivity contribution >= 4 is 15.7 Å². The summed E-state index contributed by atoms with van der Waals surface area (Å²) in [6, 6.07) is 1.83. The number of allylic oxidation sites excluding steroid dienone is 5. The van der Waals surface area contributed by atoms with Crippen LogP contribution in [0.15, 0.2) is 51.8 Å². The molecule has 0 bridgehead atoms. The number of nitrogens with zero attached hydrogens (tertiary/aromatic N) is 3. The molecular formula is C18H21F3N4O2S. The number of alkyl halides is 3. The number of rotatable bonds is 2. The van der Waals surface area contributed by atoms with Gasteiger partial charge in [0.05, 0.1) is 16.2 Å². The van der Waals surface area contributed by atoms with Gasteiger partial charge in [0.15, 0.2) is 0 Å². The van der Waals surface area contributed by atoms with Gasteiger partial charge in [-0.2, -0.15) is 23.5 Å². The quantitative estimate of drug-likeness (QED) is 0.742. The normalized spacial score (nSPS) is 24.4. The van der Waals surface area contributed by atoms with Gasteiger partial charge in [0, 0.05) is 11.6 Å². The smallest absolute Gasteiger partial charge is 0.237 e. The Morgan fingerprint density at radius 3 is 2.61 bits per heavy atom. The van der Waals surface area contributed by atoms with E-state index in [0.29, 0.717) is 31.4 Å². The van der Waals surface area contributed by atoms with Crippen LogP contribution in [0.5, 0.6) is 0 Å². The first kappa shape index (κ1) is 21.9. The third kappa shape index (κ3) is 5.11. The van der Waals surface area contributed by atoms with Crippen molar-refractivity contribution < 1.29 is 21.6 Å². The van der Waals surface area contributed by atoms with E-state index in [1.165, 1.54) is 19.1 Å². The van der Waals surface area contributed by atoms with Crippen LogP contribution >= 0.6 is 0 Å². The SMILES string of the molecule is C=C1CCCCC(C)/C(C(F)(F)F)=N\N1C1=CCC=C(S(N)(=O)=O)C=C1C#N. The van der Waals surface area contributed by atoms with Crippen molar-refractivity contribution in [3.8, 4) is 6.07 Å². The van der Waals surface area contributed by atoms with E-state index >= 15 is 0 Å². The summed E-state index contributed by atoms with van der Waals surface area (Å²) in [7, 11) is -4.08. The number of nitriles is 1. The summed E-state index contributed by atoms with van der Waals surface area (Å²) in [5.41, 5.74) is -0.769. The highest BCUT2D eigenvalue weighted by Gasteiger charge is 2.40. The van der Waals surface area contributed by atoms with Crippen molar-refractivity contribution in [2.75, 3.05) is 0 Å². The fourth-order valence-corrected chi connectivity index (χ4v) is 3.63. The molecule has 2 rings (SSSR count). The minimum Gasteiger partial charge on any atom is -0.237 e. The highest BCUT2D eigenvalue weighted by molar-refractivity contribution is 7.93. The summed E-state index contributed by atoms with van der Waals surface area (Å²) < 4.78 is 64.1. The number of hydrogen-bond donors (Lipinski definition) is 1. The van der Waals surface area contributed by atoms with E-state index < -0.39 is 27.8 Å². The summed E-state index contributed by atoms with van der Waals surface area (Å²) >= 11 is 0. The van der Waals surface area contributed by atoms with Crippen molar-refractivity contribution in [1.29, 1.82) is 5.26 Å². The fraction of sp³-hybridized carbons (Fsp3) is 0.444. The summed E-state index contributed by atoms with van der Waals surface area (Å²) in [6.07, 6.45) is 1.12. The Morgan fingerprint density at radius 1 is 1.36 bits per heavy atom. The third-order valence-electron chi connectivity index (χ3n) is 4.49. The Hall–Kier alpha value is -2.38. The summed E-state index contributed by atoms with van der Waals surface area (Å²) in [5, 5.41) is 19.5. The Labute approximate surface area is 162 Å². The van der Waals surface area contributed by atoms with Gasteiger partial charge in [0.2, 0.25) is 10.0 Å². The van der Waals surface area contributed by atoms with Crippen LogP contribution in [0.25, 0.3) is 0 Å². The lowest BCUT2D eigenvalue weighted by Crippen LogP contribution is -2.32. The molecule has 0 aromatic rings. The molecule has 0 aromatic carbocycles. The van der Waals surface area contributed by atoms with Crippen LogP contribution in [0, 0.1) is 17.2 Å². The molecule has 1 aliphatic carbocycles. The number of halogens is 3. The van der Waals surface area contributed by atoms with Crippen LogP contribution < -0.4 is 5.14 Å². The molecule has 1 heterocycles. The number of nitrogens with two attached hydrogens (primary N) is 1. The van der Waals surface area contributed by atoms with E-state index in [9.17, 15) is 26.9 Å². The molecule has 1 atom stereocenters. The first-order chi connectivity index (χ1) is 12.9. The fourth-order valence-electron chi connectivity index (χ4n) is 3.02. The van der Waals surface area contributed by atoms with Gasteiger partial charge >= 0.3 is 6.18 Å². The molecule has 10 heteroatoms. The zero-order chi connectivity index (χ0) is 21.1. The van der Waals surface area contributed by atoms with E-state index in [0.717, 1.165) is 11.1 Å². The Balaban J connectivity index is 2.61. The number of primary sulfonamides is 1. The average Bonchev–Trinajstić information content (AvgIpc) is 2.76. The van der Waals surface area contributed by atoms with Crippen molar-refractivity contribution in [3.05, 3.63) is 46.7 Å². The van der Waals surface area contributed by atoms with Gasteiger partial charge in [0.25, 0.3) is 0 Å². The molecule has 0 amide bonds. The number of hydrogen-bond acceptors (Lipinski definition) is 5. The zero-order valence-corrected chi connectivity index (χ0v) is 16.1. The van der Waals surface area contributed by atoms with Gasteiger partial charge < -0.3 is 0 Å². The number of sulfonamides is 1. The minimum atomic E-state index is -4.64. The van der Waals surface area contributed by atoms with Gasteiger partial charge in [-0.1, -0.05) is 32.1 Å². The lowest BCUT2D eigenvalue weighted by molar-refractivity contribution is -0.0638. The van der Waals surface area contributed by atoms with Gasteiger partial charge in [0.1, 0.15) is 11.8 Å². The maximum atomic E-state index is 13.6. The largest absolute Gasteiger partial charge is 0.431 e. The summed E-state index contributed by atoms with van der Waals surface area (Å²) in [5.74, 6) is -0.826. The Kier molecular flexibility index (Phi) is 6.52. The maximum Gasteiger partial charge on any atom is 0.431 e. The first-order valence-corrected chi connectivity index (χ1v) is 10.2. The maximum absolute atomic E-state index is 13.6. The monoisotopic (exact) mass is 414 g/mol. The minimum absolute atomic E-state index is 0.0539. The highest BCUT2D eigenvalue weighted by atomic mass is 32.2. The van der Waals surface area contributed by atoms with Crippen LogP contribution in [-0.4, -0.2) is 25.3 Å². The van der Waals surface area contributed by atoms with Gasteiger partial charge in [-0.3, -0.25) is 0 Å². The molecular weight excluding hydrogens is 393 g/mol. The zero-order valence-electron chi connectivity index (χ0n) is 15.3. The molecule has 6 nitrogen and oxygen atoms in total. The van der Waals surface area contributed by atoms with E-state index in [2.05, 4.69) is 11.7 Å². The van der Waals surface area contributed by atoms with E-state index in [4.69, 9.17) is 5.14 Å². The lowest BCUT2D eigenvalue weighted by atomic mass is 9.98. The molecule has 0 fully saturated rings. The first-order valence-electron chi connectivity index (χ1n) is 8.64. The van der Waals surface area contributed by atoms with Gasteiger partial charge in [-0.15, -0.1) is 0 Å². The molecule has 0 spiro atoms. The second-order valence-corrected chi connectivity index (χ2v) is 8.22. The molecule has 28 heavy (non-hydrogen) atoms. The number of hydrazone groups is 1. The molecule has 1 aliphatic heterocycles. The molecule has 152 valence electrons. The highest BCUT2D eigenvalue weighted by Crippen LogP contribution is 2.33. The molecule has 2 N–H and O–H groups in total.